The van der Waals surface area contributed by atoms with E-state index in [4.69, 9.17) is 9.47 Å². The second-order valence-corrected chi connectivity index (χ2v) is 8.31. The van der Waals surface area contributed by atoms with Gasteiger partial charge in [0.1, 0.15) is 11.8 Å². The van der Waals surface area contributed by atoms with Crippen LogP contribution in [0.25, 0.3) is 0 Å². The highest BCUT2D eigenvalue weighted by Crippen LogP contribution is 2.24. The summed E-state index contributed by atoms with van der Waals surface area (Å²) in [5, 5.41) is 2.66. The van der Waals surface area contributed by atoms with E-state index in [1.807, 2.05) is 6.92 Å². The molecule has 0 spiro atoms. The molecule has 30 heavy (non-hydrogen) atoms. The van der Waals surface area contributed by atoms with Crippen LogP contribution in [0.4, 0.5) is 11.4 Å². The molecular weight excluding hydrogens is 408 g/mol. The Morgan fingerprint density at radius 2 is 1.73 bits per heavy atom. The van der Waals surface area contributed by atoms with Crippen molar-refractivity contribution in [3.63, 3.8) is 0 Å². The van der Waals surface area contributed by atoms with Crippen molar-refractivity contribution in [3.8, 4) is 5.75 Å². The molecule has 1 amide bonds. The molecule has 0 saturated heterocycles. The summed E-state index contributed by atoms with van der Waals surface area (Å²) in [5.74, 6) is -0.452. The van der Waals surface area contributed by atoms with Gasteiger partial charge in [0.2, 0.25) is 15.9 Å². The van der Waals surface area contributed by atoms with Crippen LogP contribution in [0, 0.1) is 0 Å². The van der Waals surface area contributed by atoms with Crippen molar-refractivity contribution < 1.29 is 27.5 Å². The van der Waals surface area contributed by atoms with Crippen LogP contribution in [-0.2, 0) is 19.6 Å². The van der Waals surface area contributed by atoms with Crippen LogP contribution >= 0.6 is 0 Å². The molecule has 1 atom stereocenters. The van der Waals surface area contributed by atoms with Crippen molar-refractivity contribution in [1.82, 2.24) is 0 Å². The zero-order chi connectivity index (χ0) is 22.3. The lowest BCUT2D eigenvalue weighted by Crippen LogP contribution is -2.45. The molecular formula is C21H26N2O6S. The van der Waals surface area contributed by atoms with E-state index >= 15 is 0 Å². The van der Waals surface area contributed by atoms with Crippen molar-refractivity contribution in [3.05, 3.63) is 54.1 Å². The second kappa shape index (κ2) is 10.1. The van der Waals surface area contributed by atoms with E-state index in [0.29, 0.717) is 23.7 Å². The Bertz CT molecular complexity index is 989. The first-order valence-corrected chi connectivity index (χ1v) is 11.3. The molecule has 0 fully saturated rings. The minimum absolute atomic E-state index is 0.234. The first-order chi connectivity index (χ1) is 14.2. The van der Waals surface area contributed by atoms with E-state index in [1.54, 1.807) is 49.4 Å². The summed E-state index contributed by atoms with van der Waals surface area (Å²) in [6.07, 6.45) is 1.04. The summed E-state index contributed by atoms with van der Waals surface area (Å²) in [6.45, 7) is 5.75. The van der Waals surface area contributed by atoms with Crippen molar-refractivity contribution in [1.29, 1.82) is 0 Å². The average molecular weight is 435 g/mol. The highest BCUT2D eigenvalue weighted by atomic mass is 32.2. The number of carbonyl (C=O) groups is 2. The van der Waals surface area contributed by atoms with Gasteiger partial charge >= 0.3 is 5.97 Å². The van der Waals surface area contributed by atoms with Crippen LogP contribution in [0.2, 0.25) is 0 Å². The summed E-state index contributed by atoms with van der Waals surface area (Å²) >= 11 is 0. The van der Waals surface area contributed by atoms with Crippen molar-refractivity contribution in [2.45, 2.75) is 26.8 Å². The highest BCUT2D eigenvalue weighted by Gasteiger charge is 2.29. The molecule has 2 aromatic rings. The number of nitrogens with one attached hydrogen (secondary N) is 1. The minimum atomic E-state index is -3.75. The molecule has 0 aliphatic carbocycles. The number of nitrogens with zero attached hydrogens (tertiary/aromatic N) is 1. The molecule has 1 N–H and O–H groups in total. The van der Waals surface area contributed by atoms with Gasteiger partial charge in [-0.1, -0.05) is 6.07 Å². The molecule has 162 valence electrons. The first-order valence-electron chi connectivity index (χ1n) is 9.47. The minimum Gasteiger partial charge on any atom is -0.494 e. The Hall–Kier alpha value is -3.07. The Balaban J connectivity index is 2.24. The number of ether oxygens (including phenoxy) is 2. The zero-order valence-electron chi connectivity index (χ0n) is 17.4. The molecule has 0 saturated carbocycles. The Kier molecular flexibility index (Phi) is 7.82. The average Bonchev–Trinajstić information content (AvgIpc) is 2.69. The predicted octanol–water partition coefficient (Wildman–Crippen LogP) is 3.06. The number of sulfonamides is 1. The number of amides is 1. The van der Waals surface area contributed by atoms with E-state index < -0.39 is 27.9 Å². The standard InChI is InChI=1S/C21H26N2O6S/c1-5-28-19-12-10-18(11-13-19)23(30(4,26)27)15(3)20(24)22-17-9-7-8-16(14-17)21(25)29-6-2/h7-15H,5-6H2,1-4H3,(H,22,24). The molecule has 0 aliphatic heterocycles. The normalized spacial score (nSPS) is 12.0. The summed E-state index contributed by atoms with van der Waals surface area (Å²) in [5.41, 5.74) is 0.982. The number of rotatable bonds is 9. The van der Waals surface area contributed by atoms with Gasteiger partial charge in [0, 0.05) is 5.69 Å². The smallest absolute Gasteiger partial charge is 0.338 e. The SMILES string of the molecule is CCOC(=O)c1cccc(NC(=O)C(C)N(c2ccc(OCC)cc2)S(C)(=O)=O)c1. The van der Waals surface area contributed by atoms with Gasteiger partial charge in [-0.2, -0.15) is 0 Å². The maximum atomic E-state index is 12.8. The van der Waals surface area contributed by atoms with Crippen LogP contribution < -0.4 is 14.4 Å². The fourth-order valence-electron chi connectivity index (χ4n) is 2.85. The lowest BCUT2D eigenvalue weighted by molar-refractivity contribution is -0.116. The molecule has 0 aliphatic rings. The van der Waals surface area contributed by atoms with Crippen molar-refractivity contribution in [2.24, 2.45) is 0 Å². The van der Waals surface area contributed by atoms with Crippen LogP contribution in [0.3, 0.4) is 0 Å². The fourth-order valence-corrected chi connectivity index (χ4v) is 4.02. The molecule has 8 nitrogen and oxygen atoms in total. The lowest BCUT2D eigenvalue weighted by Gasteiger charge is -2.28. The molecule has 0 radical (unpaired) electrons. The Morgan fingerprint density at radius 1 is 1.07 bits per heavy atom. The van der Waals surface area contributed by atoms with Crippen molar-refractivity contribution in [2.75, 3.05) is 29.1 Å². The predicted molar refractivity (Wildman–Crippen MR) is 115 cm³/mol. The van der Waals surface area contributed by atoms with E-state index in [1.165, 1.54) is 13.0 Å². The number of anilines is 2. The molecule has 0 bridgehead atoms. The summed E-state index contributed by atoms with van der Waals surface area (Å²) in [4.78, 5) is 24.7. The fraction of sp³-hybridized carbons (Fsp3) is 0.333. The van der Waals surface area contributed by atoms with Crippen LogP contribution in [0.1, 0.15) is 31.1 Å². The van der Waals surface area contributed by atoms with Crippen LogP contribution in [0.15, 0.2) is 48.5 Å². The lowest BCUT2D eigenvalue weighted by atomic mass is 10.2. The third kappa shape index (κ3) is 5.96. The molecule has 9 heteroatoms. The molecule has 2 rings (SSSR count). The van der Waals surface area contributed by atoms with Crippen LogP contribution in [-0.4, -0.2) is 45.8 Å². The summed E-state index contributed by atoms with van der Waals surface area (Å²) in [6, 6.07) is 11.7. The van der Waals surface area contributed by atoms with E-state index in [2.05, 4.69) is 5.32 Å². The first kappa shape index (κ1) is 23.2. The number of carbonyl (C=O) groups excluding carboxylic acids is 2. The quantitative estimate of drug-likeness (QED) is 0.609. The van der Waals surface area contributed by atoms with Crippen molar-refractivity contribution >= 4 is 33.3 Å². The molecule has 2 aromatic carbocycles. The van der Waals surface area contributed by atoms with Gasteiger partial charge in [-0.3, -0.25) is 9.10 Å². The third-order valence-electron chi connectivity index (χ3n) is 4.13. The topological polar surface area (TPSA) is 102 Å². The van der Waals surface area contributed by atoms with Gasteiger partial charge in [0.15, 0.2) is 0 Å². The Morgan fingerprint density at radius 3 is 2.30 bits per heavy atom. The largest absolute Gasteiger partial charge is 0.494 e. The van der Waals surface area contributed by atoms with Crippen LogP contribution in [0.5, 0.6) is 5.75 Å². The molecule has 1 unspecified atom stereocenters. The maximum absolute atomic E-state index is 12.8. The number of hydrogen-bond donors (Lipinski definition) is 1. The van der Waals surface area contributed by atoms with Gasteiger partial charge in [-0.25, -0.2) is 13.2 Å². The zero-order valence-corrected chi connectivity index (χ0v) is 18.2. The van der Waals surface area contributed by atoms with E-state index in [9.17, 15) is 18.0 Å². The van der Waals surface area contributed by atoms with Gasteiger partial charge in [0.25, 0.3) is 0 Å². The Labute approximate surface area is 176 Å². The molecule has 0 heterocycles. The monoisotopic (exact) mass is 434 g/mol. The highest BCUT2D eigenvalue weighted by molar-refractivity contribution is 7.92. The summed E-state index contributed by atoms with van der Waals surface area (Å²) < 4.78 is 36.2. The molecule has 0 aromatic heterocycles. The van der Waals surface area contributed by atoms with Gasteiger partial charge in [-0.05, 0) is 63.2 Å². The van der Waals surface area contributed by atoms with Gasteiger partial charge < -0.3 is 14.8 Å². The third-order valence-corrected chi connectivity index (χ3v) is 5.37. The van der Waals surface area contributed by atoms with E-state index in [-0.39, 0.29) is 12.2 Å². The maximum Gasteiger partial charge on any atom is 0.338 e. The van der Waals surface area contributed by atoms with Gasteiger partial charge in [-0.15, -0.1) is 0 Å². The van der Waals surface area contributed by atoms with E-state index in [0.717, 1.165) is 10.6 Å². The van der Waals surface area contributed by atoms with Gasteiger partial charge in [0.05, 0.1) is 30.7 Å². The number of hydrogen-bond acceptors (Lipinski definition) is 6. The summed E-state index contributed by atoms with van der Waals surface area (Å²) in [7, 11) is -3.75. The second-order valence-electron chi connectivity index (χ2n) is 6.45. The number of benzene rings is 2. The number of esters is 1.